The van der Waals surface area contributed by atoms with Gasteiger partial charge in [-0.15, -0.1) is 11.6 Å². The Bertz CT molecular complexity index is 384. The van der Waals surface area contributed by atoms with E-state index in [1.54, 1.807) is 7.05 Å². The fourth-order valence-corrected chi connectivity index (χ4v) is 2.07. The van der Waals surface area contributed by atoms with Crippen molar-refractivity contribution in [3.63, 3.8) is 0 Å². The summed E-state index contributed by atoms with van der Waals surface area (Å²) in [6.07, 6.45) is 1.18. The molecular weight excluding hydrogens is 223 g/mol. The first-order valence-electron chi connectivity index (χ1n) is 2.98. The summed E-state index contributed by atoms with van der Waals surface area (Å²) in [6, 6.07) is 0. The quantitative estimate of drug-likeness (QED) is 0.563. The second-order valence-corrected chi connectivity index (χ2v) is 4.92. The summed E-state index contributed by atoms with van der Waals surface area (Å²) < 4.78 is 23.0. The predicted molar refractivity (Wildman–Crippen MR) is 45.8 cm³/mol. The minimum absolute atomic E-state index is 0.0418. The van der Waals surface area contributed by atoms with Crippen LogP contribution in [0.3, 0.4) is 0 Å². The average molecular weight is 229 g/mol. The maximum absolute atomic E-state index is 10.8. The zero-order valence-electron chi connectivity index (χ0n) is 6.16. The van der Waals surface area contributed by atoms with Crippen LogP contribution >= 0.6 is 22.3 Å². The third-order valence-corrected chi connectivity index (χ3v) is 3.00. The number of alkyl halides is 1. The van der Waals surface area contributed by atoms with Crippen LogP contribution < -0.4 is 0 Å². The third-order valence-electron chi connectivity index (χ3n) is 1.41. The van der Waals surface area contributed by atoms with E-state index in [0.717, 1.165) is 0 Å². The molecule has 68 valence electrons. The molecule has 0 unspecified atom stereocenters. The molecule has 1 aromatic rings. The molecule has 0 aliphatic heterocycles. The molecule has 0 amide bonds. The molecule has 0 atom stereocenters. The molecule has 0 saturated heterocycles. The van der Waals surface area contributed by atoms with Gasteiger partial charge in [0.15, 0.2) is 5.03 Å². The monoisotopic (exact) mass is 228 g/mol. The van der Waals surface area contributed by atoms with Gasteiger partial charge in [-0.2, -0.15) is 0 Å². The van der Waals surface area contributed by atoms with Gasteiger partial charge in [0, 0.05) is 17.7 Å². The Morgan fingerprint density at radius 1 is 1.67 bits per heavy atom. The van der Waals surface area contributed by atoms with E-state index in [0.29, 0.717) is 5.82 Å². The summed E-state index contributed by atoms with van der Waals surface area (Å²) >= 11 is 5.47. The van der Waals surface area contributed by atoms with Crippen LogP contribution in [-0.4, -0.2) is 18.0 Å². The molecule has 0 radical (unpaired) electrons. The molecular formula is C5H6Cl2N2O2S. The molecule has 0 fully saturated rings. The summed E-state index contributed by atoms with van der Waals surface area (Å²) in [7, 11) is 2.94. The zero-order valence-corrected chi connectivity index (χ0v) is 8.49. The minimum Gasteiger partial charge on any atom is -0.320 e. The number of aromatic nitrogens is 2. The van der Waals surface area contributed by atoms with Crippen molar-refractivity contribution in [1.29, 1.82) is 0 Å². The summed E-state index contributed by atoms with van der Waals surface area (Å²) in [4.78, 5) is 3.77. The minimum atomic E-state index is -3.71. The van der Waals surface area contributed by atoms with Crippen LogP contribution in [0.1, 0.15) is 5.82 Å². The standard InChI is InChI=1S/C5H6Cl2N2O2S/c1-9-4(2-6)8-3-5(9)12(7,10)11/h3H,2H2,1H3. The molecule has 0 aromatic carbocycles. The van der Waals surface area contributed by atoms with Gasteiger partial charge in [0.1, 0.15) is 5.82 Å². The van der Waals surface area contributed by atoms with E-state index in [1.807, 2.05) is 0 Å². The van der Waals surface area contributed by atoms with E-state index in [2.05, 4.69) is 4.98 Å². The van der Waals surface area contributed by atoms with E-state index in [1.165, 1.54) is 10.8 Å². The highest BCUT2D eigenvalue weighted by molar-refractivity contribution is 8.13. The van der Waals surface area contributed by atoms with Crippen molar-refractivity contribution in [3.05, 3.63) is 12.0 Å². The van der Waals surface area contributed by atoms with Gasteiger partial charge in [-0.05, 0) is 0 Å². The molecule has 0 aliphatic rings. The summed E-state index contributed by atoms with van der Waals surface area (Å²) in [5.74, 6) is 0.624. The van der Waals surface area contributed by atoms with E-state index in [-0.39, 0.29) is 10.9 Å². The Kier molecular flexibility index (Phi) is 2.65. The fourth-order valence-electron chi connectivity index (χ4n) is 0.781. The Hall–Kier alpha value is -0.260. The van der Waals surface area contributed by atoms with Crippen LogP contribution in [0.5, 0.6) is 0 Å². The number of imidazole rings is 1. The molecule has 0 aliphatic carbocycles. The van der Waals surface area contributed by atoms with Gasteiger partial charge in [-0.3, -0.25) is 0 Å². The van der Waals surface area contributed by atoms with Crippen LogP contribution in [0.2, 0.25) is 0 Å². The van der Waals surface area contributed by atoms with Gasteiger partial charge in [-0.25, -0.2) is 13.4 Å². The van der Waals surface area contributed by atoms with E-state index in [9.17, 15) is 8.42 Å². The zero-order chi connectivity index (χ0) is 9.35. The lowest BCUT2D eigenvalue weighted by Gasteiger charge is -1.98. The topological polar surface area (TPSA) is 52.0 Å². The number of hydrogen-bond acceptors (Lipinski definition) is 3. The molecule has 0 spiro atoms. The molecule has 1 heterocycles. The largest absolute Gasteiger partial charge is 0.320 e. The molecule has 0 N–H and O–H groups in total. The lowest BCUT2D eigenvalue weighted by Crippen LogP contribution is -2.02. The number of halogens is 2. The van der Waals surface area contributed by atoms with Crippen molar-refractivity contribution in [2.75, 3.05) is 0 Å². The van der Waals surface area contributed by atoms with Gasteiger partial charge >= 0.3 is 0 Å². The Morgan fingerprint density at radius 2 is 2.25 bits per heavy atom. The maximum atomic E-state index is 10.8. The predicted octanol–water partition coefficient (Wildman–Crippen LogP) is 1.09. The number of nitrogens with zero attached hydrogens (tertiary/aromatic N) is 2. The Balaban J connectivity index is 3.30. The summed E-state index contributed by atoms with van der Waals surface area (Å²) in [5, 5.41) is -0.0418. The van der Waals surface area contributed by atoms with Crippen molar-refractivity contribution in [2.24, 2.45) is 7.05 Å². The third kappa shape index (κ3) is 1.73. The number of rotatable bonds is 2. The molecule has 7 heteroatoms. The molecule has 4 nitrogen and oxygen atoms in total. The maximum Gasteiger partial charge on any atom is 0.278 e. The first kappa shape index (κ1) is 9.83. The smallest absolute Gasteiger partial charge is 0.278 e. The molecule has 12 heavy (non-hydrogen) atoms. The first-order valence-corrected chi connectivity index (χ1v) is 5.82. The van der Waals surface area contributed by atoms with Crippen LogP contribution in [0.15, 0.2) is 11.2 Å². The van der Waals surface area contributed by atoms with Gasteiger partial charge in [0.05, 0.1) is 12.1 Å². The van der Waals surface area contributed by atoms with Gasteiger partial charge < -0.3 is 4.57 Å². The fraction of sp³-hybridized carbons (Fsp3) is 0.400. The van der Waals surface area contributed by atoms with Gasteiger partial charge in [-0.1, -0.05) is 0 Å². The highest BCUT2D eigenvalue weighted by atomic mass is 35.7. The normalized spacial score (nSPS) is 11.9. The van der Waals surface area contributed by atoms with Crippen molar-refractivity contribution in [3.8, 4) is 0 Å². The number of hydrogen-bond donors (Lipinski definition) is 0. The van der Waals surface area contributed by atoms with Crippen molar-refractivity contribution in [1.82, 2.24) is 9.55 Å². The first-order chi connectivity index (χ1) is 5.46. The molecule has 0 bridgehead atoms. The lowest BCUT2D eigenvalue weighted by atomic mass is 10.7. The van der Waals surface area contributed by atoms with Crippen LogP contribution in [0.25, 0.3) is 0 Å². The van der Waals surface area contributed by atoms with E-state index >= 15 is 0 Å². The average Bonchev–Trinajstić information content (AvgIpc) is 2.29. The summed E-state index contributed by atoms with van der Waals surface area (Å²) in [5.41, 5.74) is 0. The molecule has 1 aromatic heterocycles. The second kappa shape index (κ2) is 3.24. The van der Waals surface area contributed by atoms with Crippen LogP contribution in [-0.2, 0) is 22.0 Å². The lowest BCUT2D eigenvalue weighted by molar-refractivity contribution is 0.598. The van der Waals surface area contributed by atoms with E-state index < -0.39 is 9.05 Å². The van der Waals surface area contributed by atoms with Crippen molar-refractivity contribution in [2.45, 2.75) is 10.9 Å². The van der Waals surface area contributed by atoms with Crippen molar-refractivity contribution >= 4 is 31.3 Å². The molecule has 0 saturated carbocycles. The Labute approximate surface area is 79.5 Å². The highest BCUT2D eigenvalue weighted by Gasteiger charge is 2.16. The SMILES string of the molecule is Cn1c(S(=O)(=O)Cl)cnc1CCl. The van der Waals surface area contributed by atoms with Crippen LogP contribution in [0, 0.1) is 0 Å². The van der Waals surface area contributed by atoms with Crippen LogP contribution in [0.4, 0.5) is 0 Å². The second-order valence-electron chi connectivity index (χ2n) is 2.14. The molecule has 1 rings (SSSR count). The Morgan fingerprint density at radius 3 is 2.50 bits per heavy atom. The van der Waals surface area contributed by atoms with Gasteiger partial charge in [0.25, 0.3) is 9.05 Å². The van der Waals surface area contributed by atoms with Crippen molar-refractivity contribution < 1.29 is 8.42 Å². The summed E-state index contributed by atoms with van der Waals surface area (Å²) in [6.45, 7) is 0. The van der Waals surface area contributed by atoms with E-state index in [4.69, 9.17) is 22.3 Å². The highest BCUT2D eigenvalue weighted by Crippen LogP contribution is 2.15. The van der Waals surface area contributed by atoms with Gasteiger partial charge in [0.2, 0.25) is 0 Å².